The molecule has 0 radical (unpaired) electrons. The number of ether oxygens (including phenoxy) is 1. The number of rotatable bonds is 12. The van der Waals surface area contributed by atoms with Crippen LogP contribution in [0.4, 0.5) is 0 Å². The van der Waals surface area contributed by atoms with Gasteiger partial charge in [0.05, 0.1) is 44.2 Å². The summed E-state index contributed by atoms with van der Waals surface area (Å²) in [4.78, 5) is 103. The molecule has 2 aromatic carbocycles. The van der Waals surface area contributed by atoms with Crippen molar-refractivity contribution in [2.75, 3.05) is 7.11 Å². The highest BCUT2D eigenvalue weighted by atomic mass is 32.1. The van der Waals surface area contributed by atoms with E-state index < -0.39 is 23.9 Å². The lowest BCUT2D eigenvalue weighted by molar-refractivity contribution is -0.138. The van der Waals surface area contributed by atoms with Crippen LogP contribution in [0.25, 0.3) is 0 Å². The van der Waals surface area contributed by atoms with Gasteiger partial charge >= 0.3 is 0 Å². The molecule has 8 amide bonds. The second kappa shape index (κ2) is 19.5. The Kier molecular flexibility index (Phi) is 14.0. The van der Waals surface area contributed by atoms with Gasteiger partial charge in [-0.1, -0.05) is 71.0 Å². The Morgan fingerprint density at radius 1 is 0.723 bits per heavy atom. The summed E-state index contributed by atoms with van der Waals surface area (Å²) in [6, 6.07) is 12.6. The van der Waals surface area contributed by atoms with Crippen molar-refractivity contribution >= 4 is 69.9 Å². The van der Waals surface area contributed by atoms with E-state index in [1.165, 1.54) is 38.0 Å². The Balaban J connectivity index is 0.000000194. The molecule has 0 saturated carbocycles. The molecule has 2 atom stereocenters. The Bertz CT molecular complexity index is 2550. The van der Waals surface area contributed by atoms with Crippen LogP contribution in [0.1, 0.15) is 130 Å². The van der Waals surface area contributed by atoms with Crippen LogP contribution >= 0.6 is 22.7 Å². The lowest BCUT2D eigenvalue weighted by Gasteiger charge is -2.29. The molecule has 6 heterocycles. The number of benzene rings is 2. The van der Waals surface area contributed by atoms with Crippen molar-refractivity contribution in [1.82, 2.24) is 31.1 Å². The second-order valence-electron chi connectivity index (χ2n) is 18.0. The van der Waals surface area contributed by atoms with E-state index in [0.717, 1.165) is 43.3 Å². The Morgan fingerprint density at radius 2 is 1.18 bits per heavy atom. The highest BCUT2D eigenvalue weighted by Gasteiger charge is 2.42. The van der Waals surface area contributed by atoms with Crippen molar-refractivity contribution in [2.45, 2.75) is 123 Å². The number of fused-ring (bicyclic) bond motifs is 2. The molecule has 0 aliphatic carbocycles. The molecule has 2 fully saturated rings. The lowest BCUT2D eigenvalue weighted by Crippen LogP contribution is -2.52. The van der Waals surface area contributed by atoms with E-state index >= 15 is 0 Å². The first-order valence-corrected chi connectivity index (χ1v) is 23.4. The van der Waals surface area contributed by atoms with Gasteiger partial charge in [0, 0.05) is 46.4 Å². The van der Waals surface area contributed by atoms with Gasteiger partial charge in [0.1, 0.15) is 17.8 Å². The van der Waals surface area contributed by atoms with E-state index in [-0.39, 0.29) is 66.0 Å². The van der Waals surface area contributed by atoms with Crippen LogP contribution < -0.4 is 26.0 Å². The third-order valence-electron chi connectivity index (χ3n) is 12.1. The van der Waals surface area contributed by atoms with Gasteiger partial charge in [-0.15, -0.1) is 22.7 Å². The molecule has 2 saturated heterocycles. The fourth-order valence-corrected chi connectivity index (χ4v) is 10.4. The molecule has 342 valence electrons. The Morgan fingerprint density at radius 3 is 1.62 bits per heavy atom. The maximum Gasteiger partial charge on any atom is 0.256 e. The summed E-state index contributed by atoms with van der Waals surface area (Å²) >= 11 is 2.87. The summed E-state index contributed by atoms with van der Waals surface area (Å²) < 4.78 is 5.41. The first-order valence-electron chi connectivity index (χ1n) is 21.7. The van der Waals surface area contributed by atoms with Gasteiger partial charge in [0.15, 0.2) is 0 Å². The standard InChI is InChI=1S/C24H27N3O5S.C24H27N3O4S/c1-13(2)15-8-14(4-6-19(15)32-3)9-22(29)25-10-20-16-11-27(24(31)17(16)12-33-20)18-5-7-21(28)26-23(18)30;1-24(2,3)15-6-4-14(5-7-15)10-21(29)25-11-19-16-12-27(23(31)17(16)13-32-19)18-8-9-20(28)26-22(18)30/h4,6,8,12-13,18H,5,7,9-11H2,1-3H3,(H,25,29)(H,26,28,30);4-7,13,18H,8-12H2,1-3H3,(H,25,29)(H,26,28,30). The number of piperidine rings is 2. The fourth-order valence-electron chi connectivity index (χ4n) is 8.42. The number of nitrogens with one attached hydrogen (secondary N) is 4. The minimum Gasteiger partial charge on any atom is -0.496 e. The molecule has 0 bridgehead atoms. The molecule has 4 aliphatic heterocycles. The number of carbonyl (C=O) groups is 8. The largest absolute Gasteiger partial charge is 0.496 e. The Labute approximate surface area is 385 Å². The van der Waals surface area contributed by atoms with Gasteiger partial charge in [-0.3, -0.25) is 49.0 Å². The molecule has 15 nitrogen and oxygen atoms in total. The number of carbonyl (C=O) groups excluding carboxylic acids is 8. The highest BCUT2D eigenvalue weighted by molar-refractivity contribution is 7.10. The van der Waals surface area contributed by atoms with Gasteiger partial charge < -0.3 is 25.2 Å². The van der Waals surface area contributed by atoms with Crippen LogP contribution in [0.5, 0.6) is 5.75 Å². The average Bonchev–Trinajstić information content (AvgIpc) is 4.02. The summed E-state index contributed by atoms with van der Waals surface area (Å²) in [7, 11) is 1.64. The van der Waals surface area contributed by atoms with E-state index in [0.29, 0.717) is 56.6 Å². The predicted octanol–water partition coefficient (Wildman–Crippen LogP) is 5.17. The van der Waals surface area contributed by atoms with Crippen LogP contribution in [-0.4, -0.2) is 76.3 Å². The molecule has 0 spiro atoms. The van der Waals surface area contributed by atoms with Crippen LogP contribution in [-0.2, 0) is 73.2 Å². The first kappa shape index (κ1) is 46.8. The molecule has 4 aromatic rings. The minimum atomic E-state index is -0.639. The van der Waals surface area contributed by atoms with Gasteiger partial charge in [0.25, 0.3) is 11.8 Å². The van der Waals surface area contributed by atoms with E-state index in [9.17, 15) is 38.4 Å². The highest BCUT2D eigenvalue weighted by Crippen LogP contribution is 2.35. The molecule has 8 rings (SSSR count). The summed E-state index contributed by atoms with van der Waals surface area (Å²) in [6.07, 6.45) is 1.66. The second-order valence-corrected chi connectivity index (χ2v) is 19.9. The third kappa shape index (κ3) is 10.5. The summed E-state index contributed by atoms with van der Waals surface area (Å²) in [5.41, 5.74) is 7.08. The molecule has 17 heteroatoms. The van der Waals surface area contributed by atoms with E-state index in [4.69, 9.17) is 4.74 Å². The number of nitrogens with zero attached hydrogens (tertiary/aromatic N) is 2. The van der Waals surface area contributed by atoms with Crippen LogP contribution in [0.3, 0.4) is 0 Å². The molecule has 65 heavy (non-hydrogen) atoms. The lowest BCUT2D eigenvalue weighted by atomic mass is 9.86. The van der Waals surface area contributed by atoms with Gasteiger partial charge in [-0.25, -0.2) is 0 Å². The molecule has 4 aliphatic rings. The number of hydrogen-bond donors (Lipinski definition) is 4. The van der Waals surface area contributed by atoms with Gasteiger partial charge in [-0.2, -0.15) is 0 Å². The van der Waals surface area contributed by atoms with Crippen molar-refractivity contribution in [2.24, 2.45) is 0 Å². The number of methoxy groups -OCH3 is 1. The van der Waals surface area contributed by atoms with Crippen molar-refractivity contribution in [3.63, 3.8) is 0 Å². The molecule has 4 N–H and O–H groups in total. The third-order valence-corrected chi connectivity index (χ3v) is 14.2. The minimum absolute atomic E-state index is 0.0689. The topological polar surface area (TPSA) is 200 Å². The van der Waals surface area contributed by atoms with Crippen molar-refractivity contribution in [3.8, 4) is 5.75 Å². The average molecular weight is 923 g/mol. The number of hydrogen-bond acceptors (Lipinski definition) is 11. The van der Waals surface area contributed by atoms with Crippen molar-refractivity contribution < 1.29 is 43.1 Å². The van der Waals surface area contributed by atoms with Crippen LogP contribution in [0.2, 0.25) is 0 Å². The van der Waals surface area contributed by atoms with Crippen LogP contribution in [0.15, 0.2) is 53.2 Å². The van der Waals surface area contributed by atoms with Crippen molar-refractivity contribution in [1.29, 1.82) is 0 Å². The fraction of sp³-hybridized carbons (Fsp3) is 0.417. The summed E-state index contributed by atoms with van der Waals surface area (Å²) in [5.74, 6) is -0.948. The molecular weight excluding hydrogens is 869 g/mol. The van der Waals surface area contributed by atoms with Crippen molar-refractivity contribution in [3.05, 3.63) is 107 Å². The van der Waals surface area contributed by atoms with E-state index in [1.54, 1.807) is 17.9 Å². The zero-order chi connectivity index (χ0) is 46.7. The first-order chi connectivity index (χ1) is 30.9. The SMILES string of the molecule is CC(C)(C)c1ccc(CC(=O)NCc2scc3c2CN(C2CCC(=O)NC2=O)C3=O)cc1.COc1ccc(CC(=O)NCc2scc3c2CN(C2CCC(=O)NC2=O)C3=O)cc1C(C)C. The number of amides is 8. The monoisotopic (exact) mass is 922 g/mol. The maximum atomic E-state index is 12.8. The quantitative estimate of drug-likeness (QED) is 0.139. The van der Waals surface area contributed by atoms with Crippen LogP contribution in [0, 0.1) is 0 Å². The number of imide groups is 2. The van der Waals surface area contributed by atoms with E-state index in [2.05, 4.69) is 68.0 Å². The van der Waals surface area contributed by atoms with Gasteiger partial charge in [0.2, 0.25) is 35.4 Å². The maximum absolute atomic E-state index is 12.8. The van der Waals surface area contributed by atoms with Gasteiger partial charge in [-0.05, 0) is 63.6 Å². The normalized spacial score (nSPS) is 18.2. The number of thiophene rings is 2. The zero-order valence-corrected chi connectivity index (χ0v) is 39.0. The molecule has 2 aromatic heterocycles. The smallest absolute Gasteiger partial charge is 0.256 e. The van der Waals surface area contributed by atoms with E-state index in [1.807, 2.05) is 30.3 Å². The summed E-state index contributed by atoms with van der Waals surface area (Å²) in [5, 5.41) is 14.1. The summed E-state index contributed by atoms with van der Waals surface area (Å²) in [6.45, 7) is 11.9. The Hall–Kier alpha value is -6.20. The molecule has 2 unspecified atom stereocenters. The zero-order valence-electron chi connectivity index (χ0n) is 37.4. The molecular formula is C48H54N6O9S2. The predicted molar refractivity (Wildman–Crippen MR) is 244 cm³/mol.